The maximum Gasteiger partial charge on any atom is 0.315 e. The van der Waals surface area contributed by atoms with Crippen molar-refractivity contribution in [1.82, 2.24) is 20.4 Å². The van der Waals surface area contributed by atoms with Gasteiger partial charge in [-0.05, 0) is 39.3 Å². The Kier molecular flexibility index (Phi) is 6.60. The topological polar surface area (TPSA) is 47.6 Å². The van der Waals surface area contributed by atoms with Crippen LogP contribution in [-0.2, 0) is 0 Å². The number of carbonyl (C=O) groups is 1. The van der Waals surface area contributed by atoms with Gasteiger partial charge in [0, 0.05) is 38.8 Å². The zero-order valence-electron chi connectivity index (χ0n) is 12.9. The quantitative estimate of drug-likeness (QED) is 0.721. The van der Waals surface area contributed by atoms with Gasteiger partial charge in [0.15, 0.2) is 0 Å². The second-order valence-corrected chi connectivity index (χ2v) is 6.23. The largest absolute Gasteiger partial charge is 0.338 e. The van der Waals surface area contributed by atoms with E-state index < -0.39 is 0 Å². The van der Waals surface area contributed by atoms with Gasteiger partial charge in [0.05, 0.1) is 0 Å². The van der Waals surface area contributed by atoms with E-state index in [1.54, 1.807) is 0 Å². The minimum Gasteiger partial charge on any atom is -0.338 e. The van der Waals surface area contributed by atoms with Crippen LogP contribution in [-0.4, -0.2) is 68.2 Å². The van der Waals surface area contributed by atoms with Crippen molar-refractivity contribution in [2.24, 2.45) is 0 Å². The maximum atomic E-state index is 11.7. The maximum absolute atomic E-state index is 11.7. The normalized spacial score (nSPS) is 22.1. The van der Waals surface area contributed by atoms with Crippen LogP contribution in [0.2, 0.25) is 0 Å². The Labute approximate surface area is 123 Å². The van der Waals surface area contributed by atoms with Gasteiger partial charge >= 0.3 is 6.03 Å². The zero-order chi connectivity index (χ0) is 14.2. The molecule has 2 rings (SSSR count). The first kappa shape index (κ1) is 15.6. The first-order valence-corrected chi connectivity index (χ1v) is 8.19. The average Bonchev–Trinajstić information content (AvgIpc) is 2.93. The number of urea groups is 1. The summed E-state index contributed by atoms with van der Waals surface area (Å²) >= 11 is 0. The molecule has 0 aromatic carbocycles. The molecule has 2 aliphatic rings. The molecule has 1 aliphatic carbocycles. The molecule has 0 unspecified atom stereocenters. The first-order valence-electron chi connectivity index (χ1n) is 8.19. The summed E-state index contributed by atoms with van der Waals surface area (Å²) in [4.78, 5) is 16.6. The lowest BCUT2D eigenvalue weighted by atomic mass is 10.2. The van der Waals surface area contributed by atoms with Crippen LogP contribution in [0.25, 0.3) is 0 Å². The number of likely N-dealkylation sites (N-methyl/N-ethyl adjacent to an activating group) is 1. The van der Waals surface area contributed by atoms with Crippen LogP contribution in [0, 0.1) is 0 Å². The first-order chi connectivity index (χ1) is 9.74. The second kappa shape index (κ2) is 8.47. The molecule has 0 radical (unpaired) electrons. The number of carbonyl (C=O) groups excluding carboxylic acids is 1. The fourth-order valence-corrected chi connectivity index (χ4v) is 3.04. The Morgan fingerprint density at radius 2 is 1.80 bits per heavy atom. The third-order valence-electron chi connectivity index (χ3n) is 4.47. The summed E-state index contributed by atoms with van der Waals surface area (Å²) in [5.74, 6) is 0. The summed E-state index contributed by atoms with van der Waals surface area (Å²) < 4.78 is 0. The van der Waals surface area contributed by atoms with Crippen LogP contribution < -0.4 is 10.6 Å². The predicted octanol–water partition coefficient (Wildman–Crippen LogP) is 1.26. The van der Waals surface area contributed by atoms with Gasteiger partial charge in [-0.3, -0.25) is 0 Å². The number of hydrogen-bond donors (Lipinski definition) is 2. The molecule has 0 bridgehead atoms. The average molecular weight is 282 g/mol. The lowest BCUT2D eigenvalue weighted by molar-refractivity contribution is 0.152. The monoisotopic (exact) mass is 282 g/mol. The Bertz CT molecular complexity index is 284. The molecule has 0 aromatic rings. The Morgan fingerprint density at radius 3 is 2.50 bits per heavy atom. The van der Waals surface area contributed by atoms with Crippen LogP contribution >= 0.6 is 0 Å². The van der Waals surface area contributed by atoms with E-state index in [9.17, 15) is 4.79 Å². The van der Waals surface area contributed by atoms with E-state index in [0.717, 1.165) is 25.8 Å². The number of rotatable bonds is 6. The van der Waals surface area contributed by atoms with Gasteiger partial charge in [0.2, 0.25) is 0 Å². The molecule has 2 N–H and O–H groups in total. The van der Waals surface area contributed by atoms with Crippen LogP contribution in [0.15, 0.2) is 0 Å². The Morgan fingerprint density at radius 1 is 1.10 bits per heavy atom. The fourth-order valence-electron chi connectivity index (χ4n) is 3.04. The summed E-state index contributed by atoms with van der Waals surface area (Å²) in [6.07, 6.45) is 7.07. The number of piperazine rings is 1. The summed E-state index contributed by atoms with van der Waals surface area (Å²) in [7, 11) is 2.18. The summed E-state index contributed by atoms with van der Waals surface area (Å²) in [5, 5.41) is 6.04. The molecule has 1 saturated heterocycles. The third-order valence-corrected chi connectivity index (χ3v) is 4.47. The third kappa shape index (κ3) is 5.67. The minimum absolute atomic E-state index is 0.0245. The number of amides is 2. The molecule has 1 saturated carbocycles. The SMILES string of the molecule is CN1CCN(CCCCNC(=O)NC2CCCC2)CC1. The highest BCUT2D eigenvalue weighted by Gasteiger charge is 2.16. The highest BCUT2D eigenvalue weighted by molar-refractivity contribution is 5.74. The summed E-state index contributed by atoms with van der Waals surface area (Å²) in [5.41, 5.74) is 0. The predicted molar refractivity (Wildman–Crippen MR) is 82.0 cm³/mol. The molecule has 2 amide bonds. The Balaban J connectivity index is 1.44. The second-order valence-electron chi connectivity index (χ2n) is 6.23. The summed E-state index contributed by atoms with van der Waals surface area (Å²) in [6, 6.07) is 0.442. The van der Waals surface area contributed by atoms with Gasteiger partial charge in [-0.2, -0.15) is 0 Å². The molecule has 1 aliphatic heterocycles. The molecule has 5 nitrogen and oxygen atoms in total. The number of nitrogens with one attached hydrogen (secondary N) is 2. The molecular formula is C15H30N4O. The number of nitrogens with zero attached hydrogens (tertiary/aromatic N) is 2. The highest BCUT2D eigenvalue weighted by Crippen LogP contribution is 2.17. The van der Waals surface area contributed by atoms with Crippen LogP contribution in [0.3, 0.4) is 0 Å². The van der Waals surface area contributed by atoms with E-state index >= 15 is 0 Å². The molecule has 0 aromatic heterocycles. The van der Waals surface area contributed by atoms with Crippen molar-refractivity contribution >= 4 is 6.03 Å². The van der Waals surface area contributed by atoms with E-state index in [0.29, 0.717) is 6.04 Å². The van der Waals surface area contributed by atoms with E-state index in [1.165, 1.54) is 52.0 Å². The molecule has 5 heteroatoms. The lowest BCUT2D eigenvalue weighted by Crippen LogP contribution is -2.45. The van der Waals surface area contributed by atoms with Gasteiger partial charge in [0.1, 0.15) is 0 Å². The zero-order valence-corrected chi connectivity index (χ0v) is 12.9. The van der Waals surface area contributed by atoms with Gasteiger partial charge in [-0.25, -0.2) is 4.79 Å². The van der Waals surface area contributed by atoms with E-state index in [2.05, 4.69) is 27.5 Å². The number of hydrogen-bond acceptors (Lipinski definition) is 3. The van der Waals surface area contributed by atoms with Gasteiger partial charge in [-0.15, -0.1) is 0 Å². The highest BCUT2D eigenvalue weighted by atomic mass is 16.2. The van der Waals surface area contributed by atoms with Gasteiger partial charge in [-0.1, -0.05) is 12.8 Å². The minimum atomic E-state index is 0.0245. The molecule has 20 heavy (non-hydrogen) atoms. The van der Waals surface area contributed by atoms with Crippen LogP contribution in [0.1, 0.15) is 38.5 Å². The van der Waals surface area contributed by atoms with E-state index in [1.807, 2.05) is 0 Å². The van der Waals surface area contributed by atoms with Crippen molar-refractivity contribution in [2.45, 2.75) is 44.6 Å². The molecule has 116 valence electrons. The molecule has 0 atom stereocenters. The van der Waals surface area contributed by atoms with Crippen LogP contribution in [0.4, 0.5) is 4.79 Å². The van der Waals surface area contributed by atoms with Gasteiger partial charge < -0.3 is 20.4 Å². The number of unbranched alkanes of at least 4 members (excludes halogenated alkanes) is 1. The van der Waals surface area contributed by atoms with E-state index in [-0.39, 0.29) is 6.03 Å². The molecule has 2 fully saturated rings. The molecular weight excluding hydrogens is 252 g/mol. The Hall–Kier alpha value is -0.810. The van der Waals surface area contributed by atoms with Crippen molar-refractivity contribution in [3.8, 4) is 0 Å². The fraction of sp³-hybridized carbons (Fsp3) is 0.933. The van der Waals surface area contributed by atoms with Crippen molar-refractivity contribution in [2.75, 3.05) is 46.3 Å². The van der Waals surface area contributed by atoms with Crippen molar-refractivity contribution in [1.29, 1.82) is 0 Å². The van der Waals surface area contributed by atoms with Crippen molar-refractivity contribution in [3.63, 3.8) is 0 Å². The smallest absolute Gasteiger partial charge is 0.315 e. The standard InChI is InChI=1S/C15H30N4O/c1-18-10-12-19(13-11-18)9-5-4-8-16-15(20)17-14-6-2-3-7-14/h14H,2-13H2,1H3,(H2,16,17,20). The van der Waals surface area contributed by atoms with Crippen LogP contribution in [0.5, 0.6) is 0 Å². The van der Waals surface area contributed by atoms with Crippen molar-refractivity contribution in [3.05, 3.63) is 0 Å². The molecule has 0 spiro atoms. The van der Waals surface area contributed by atoms with Crippen molar-refractivity contribution < 1.29 is 4.79 Å². The van der Waals surface area contributed by atoms with E-state index in [4.69, 9.17) is 0 Å². The van der Waals surface area contributed by atoms with Gasteiger partial charge in [0.25, 0.3) is 0 Å². The lowest BCUT2D eigenvalue weighted by Gasteiger charge is -2.32. The molecule has 1 heterocycles. The summed E-state index contributed by atoms with van der Waals surface area (Å²) in [6.45, 7) is 6.70.